The lowest BCUT2D eigenvalue weighted by Crippen LogP contribution is -2.60. The van der Waals surface area contributed by atoms with E-state index in [0.717, 1.165) is 0 Å². The number of cyclic esters (lactones) is 1. The molecule has 0 bridgehead atoms. The average Bonchev–Trinajstić information content (AvgIpc) is 3.41. The minimum atomic E-state index is -1.20. The number of rotatable bonds is 8. The summed E-state index contributed by atoms with van der Waals surface area (Å²) in [6, 6.07) is 5.18. The van der Waals surface area contributed by atoms with Crippen LogP contribution in [0.15, 0.2) is 24.3 Å². The zero-order chi connectivity index (χ0) is 37.8. The van der Waals surface area contributed by atoms with E-state index in [9.17, 15) is 23.9 Å². The average molecular weight is 723 g/mol. The van der Waals surface area contributed by atoms with E-state index in [1.165, 1.54) is 13.0 Å². The van der Waals surface area contributed by atoms with Crippen LogP contribution in [-0.4, -0.2) is 122 Å². The number of Topliss-reactive ketones (excluding diaryl/α,β-unsaturated/α-hetero) is 1. The molecule has 1 aromatic rings. The molecule has 3 fully saturated rings. The Morgan fingerprint density at radius 2 is 1.80 bits per heavy atom. The molecular formula is C37H59FN4O9. The van der Waals surface area contributed by atoms with Crippen molar-refractivity contribution in [1.82, 2.24) is 15.5 Å². The Hall–Kier alpha value is -2.88. The molecule has 4 unspecified atom stereocenters. The molecule has 13 nitrogen and oxygen atoms in total. The van der Waals surface area contributed by atoms with Crippen molar-refractivity contribution < 1.29 is 47.6 Å². The first-order chi connectivity index (χ1) is 23.9. The molecule has 3 heterocycles. The number of hydrogen-bond acceptors (Lipinski definition) is 12. The summed E-state index contributed by atoms with van der Waals surface area (Å²) in [6.07, 6.45) is -3.98. The molecule has 4 rings (SSSR count). The lowest BCUT2D eigenvalue weighted by Gasteiger charge is -2.47. The summed E-state index contributed by atoms with van der Waals surface area (Å²) < 4.78 is 45.4. The van der Waals surface area contributed by atoms with Crippen LogP contribution in [0, 0.1) is 23.6 Å². The van der Waals surface area contributed by atoms with E-state index >= 15 is 0 Å². The third kappa shape index (κ3) is 9.02. The van der Waals surface area contributed by atoms with Crippen LogP contribution in [0.1, 0.15) is 67.7 Å². The molecule has 1 amide bonds. The summed E-state index contributed by atoms with van der Waals surface area (Å²) in [5, 5.41) is 21.1. The second-order valence-electron chi connectivity index (χ2n) is 15.3. The van der Waals surface area contributed by atoms with E-state index in [1.54, 1.807) is 39.2 Å². The Bertz CT molecular complexity index is 1370. The zero-order valence-corrected chi connectivity index (χ0v) is 31.7. The summed E-state index contributed by atoms with van der Waals surface area (Å²) in [5.41, 5.74) is -1.95. The van der Waals surface area contributed by atoms with Crippen molar-refractivity contribution in [1.29, 1.82) is 0 Å². The highest BCUT2D eigenvalue weighted by Gasteiger charge is 2.55. The summed E-state index contributed by atoms with van der Waals surface area (Å²) in [5.74, 6) is -3.72. The number of anilines is 1. The fraction of sp³-hybridized carbons (Fsp3) is 0.757. The van der Waals surface area contributed by atoms with Crippen molar-refractivity contribution in [3.8, 4) is 0 Å². The number of carbonyl (C=O) groups excluding carboxylic acids is 3. The van der Waals surface area contributed by atoms with Crippen molar-refractivity contribution in [2.75, 3.05) is 39.6 Å². The molecule has 0 radical (unpaired) electrons. The normalized spacial score (nSPS) is 40.0. The topological polar surface area (TPSA) is 157 Å². The second kappa shape index (κ2) is 16.9. The van der Waals surface area contributed by atoms with Gasteiger partial charge in [-0.05, 0) is 85.6 Å². The van der Waals surface area contributed by atoms with Crippen molar-refractivity contribution in [3.05, 3.63) is 30.1 Å². The number of alkyl carbamates (subject to hydrolysis) is 1. The van der Waals surface area contributed by atoms with E-state index < -0.39 is 83.4 Å². The number of nitrogens with one attached hydrogen (secondary N) is 3. The highest BCUT2D eigenvalue weighted by molar-refractivity contribution is 6.00. The molecule has 3 saturated heterocycles. The number of fused-ring (bicyclic) bond motifs is 1. The number of halogens is 1. The first kappa shape index (κ1) is 40.9. The van der Waals surface area contributed by atoms with Crippen LogP contribution in [0.2, 0.25) is 0 Å². The van der Waals surface area contributed by atoms with Gasteiger partial charge < -0.3 is 49.6 Å². The predicted molar refractivity (Wildman–Crippen MR) is 188 cm³/mol. The fourth-order valence-electron chi connectivity index (χ4n) is 7.98. The van der Waals surface area contributed by atoms with Gasteiger partial charge in [-0.3, -0.25) is 9.59 Å². The van der Waals surface area contributed by atoms with Gasteiger partial charge in [-0.2, -0.15) is 0 Å². The number of aliphatic hydroxyl groups is 1. The lowest BCUT2D eigenvalue weighted by molar-refractivity contribution is -0.296. The minimum absolute atomic E-state index is 0.0260. The van der Waals surface area contributed by atoms with Crippen LogP contribution in [-0.2, 0) is 33.3 Å². The number of methoxy groups -OCH3 is 1. The highest BCUT2D eigenvalue weighted by Crippen LogP contribution is 2.38. The Balaban J connectivity index is 1.67. The van der Waals surface area contributed by atoms with Crippen LogP contribution in [0.25, 0.3) is 0 Å². The van der Waals surface area contributed by atoms with Crippen molar-refractivity contribution >= 4 is 23.5 Å². The van der Waals surface area contributed by atoms with E-state index in [2.05, 4.69) is 16.0 Å². The van der Waals surface area contributed by atoms with Crippen molar-refractivity contribution in [2.24, 2.45) is 17.8 Å². The number of carbonyl (C=O) groups is 3. The molecule has 0 saturated carbocycles. The summed E-state index contributed by atoms with van der Waals surface area (Å²) in [7, 11) is 5.25. The molecule has 14 heteroatoms. The number of benzene rings is 1. The van der Waals surface area contributed by atoms with Crippen LogP contribution in [0.3, 0.4) is 0 Å². The number of esters is 1. The number of nitrogens with zero attached hydrogens (tertiary/aromatic N) is 1. The maximum absolute atomic E-state index is 14.4. The van der Waals surface area contributed by atoms with Crippen molar-refractivity contribution in [2.45, 2.75) is 128 Å². The highest BCUT2D eigenvalue weighted by atomic mass is 19.1. The molecule has 1 aromatic carbocycles. The van der Waals surface area contributed by atoms with E-state index in [1.807, 2.05) is 46.7 Å². The summed E-state index contributed by atoms with van der Waals surface area (Å²) in [4.78, 5) is 42.3. The zero-order valence-electron chi connectivity index (χ0n) is 31.7. The second-order valence-corrected chi connectivity index (χ2v) is 15.3. The number of ketones is 1. The smallest absolute Gasteiger partial charge is 0.408 e. The van der Waals surface area contributed by atoms with E-state index in [0.29, 0.717) is 31.5 Å². The Labute approximate surface area is 301 Å². The predicted octanol–water partition coefficient (Wildman–Crippen LogP) is 3.48. The molecule has 0 aliphatic carbocycles. The number of hydrogen-bond donors (Lipinski definition) is 4. The first-order valence-electron chi connectivity index (χ1n) is 18.1. The Morgan fingerprint density at radius 1 is 1.12 bits per heavy atom. The third-order valence-electron chi connectivity index (χ3n) is 11.1. The van der Waals surface area contributed by atoms with Crippen LogP contribution in [0.5, 0.6) is 0 Å². The third-order valence-corrected chi connectivity index (χ3v) is 11.1. The lowest BCUT2D eigenvalue weighted by atomic mass is 9.78. The number of likely N-dealkylation sites (N-methyl/N-ethyl adjacent to an activating group) is 1. The molecule has 3 aliphatic rings. The summed E-state index contributed by atoms with van der Waals surface area (Å²) >= 11 is 0. The molecule has 0 spiro atoms. The van der Waals surface area contributed by atoms with Gasteiger partial charge in [0, 0.05) is 31.7 Å². The van der Waals surface area contributed by atoms with E-state index in [-0.39, 0.29) is 24.5 Å². The number of aliphatic hydroxyl groups excluding tert-OH is 1. The number of ether oxygens (including phenoxy) is 5. The van der Waals surface area contributed by atoms with Gasteiger partial charge in [-0.1, -0.05) is 32.9 Å². The SMILES string of the molecule is CC[C@H]1OC(=O)C(C)C(=O)[C@H](C)[C@@H](O[C@@H]2OC(CNc3ccccc3F)CC(N(C)C)C2O)[C@](C)(OC)C[C@@H](C)CN[C@H](C)[C@H]2NC(=O)O[C@@]21C. The minimum Gasteiger partial charge on any atom is -0.458 e. The molecule has 13 atom stereocenters. The first-order valence-corrected chi connectivity index (χ1v) is 18.1. The number of amides is 1. The quantitative estimate of drug-likeness (QED) is 0.229. The van der Waals surface area contributed by atoms with Gasteiger partial charge in [0.25, 0.3) is 0 Å². The van der Waals surface area contributed by atoms with Crippen molar-refractivity contribution in [3.63, 3.8) is 0 Å². The standard InChI is InChI=1S/C37H59FN4O9/c1-11-28-37(7)31(41-35(46)51-37)23(5)39-18-20(2)17-36(6,47-10)32(21(3)29(43)22(4)33(45)49-28)50-34-30(44)27(42(8)9)16-24(48-34)19-40-26-15-13-12-14-25(26)38/h12-15,20-24,27-28,30-32,34,39-40,44H,11,16-19H2,1-10H3,(H,41,46)/t20-,21+,22?,23-,24?,27?,28-,30?,31-,32-,34+,36-,37-/m1/s1. The van der Waals surface area contributed by atoms with E-state index in [4.69, 9.17) is 23.7 Å². The van der Waals surface area contributed by atoms with Gasteiger partial charge >= 0.3 is 12.1 Å². The molecule has 0 aromatic heterocycles. The van der Waals surface area contributed by atoms with Gasteiger partial charge in [-0.25, -0.2) is 9.18 Å². The largest absolute Gasteiger partial charge is 0.458 e. The van der Waals surface area contributed by atoms with Crippen LogP contribution < -0.4 is 16.0 Å². The van der Waals surface area contributed by atoms with Gasteiger partial charge in [0.05, 0.1) is 29.5 Å². The van der Waals surface area contributed by atoms with Gasteiger partial charge in [0.2, 0.25) is 0 Å². The van der Waals surface area contributed by atoms with Gasteiger partial charge in [-0.15, -0.1) is 0 Å². The summed E-state index contributed by atoms with van der Waals surface area (Å²) in [6.45, 7) is 13.4. The van der Waals surface area contributed by atoms with Crippen LogP contribution in [0.4, 0.5) is 14.9 Å². The van der Waals surface area contributed by atoms with Gasteiger partial charge in [0.1, 0.15) is 23.9 Å². The Kier molecular flexibility index (Phi) is 13.5. The monoisotopic (exact) mass is 722 g/mol. The molecule has 4 N–H and O–H groups in total. The number of para-hydroxylation sites is 1. The van der Waals surface area contributed by atoms with Crippen LogP contribution >= 0.6 is 0 Å². The maximum atomic E-state index is 14.4. The molecular weight excluding hydrogens is 663 g/mol. The maximum Gasteiger partial charge on any atom is 0.408 e. The molecule has 288 valence electrons. The molecule has 51 heavy (non-hydrogen) atoms. The Morgan fingerprint density at radius 3 is 2.43 bits per heavy atom. The molecule has 3 aliphatic heterocycles. The van der Waals surface area contributed by atoms with Gasteiger partial charge in [0.15, 0.2) is 17.7 Å². The fourth-order valence-corrected chi connectivity index (χ4v) is 7.98.